The van der Waals surface area contributed by atoms with E-state index >= 15 is 0 Å². The summed E-state index contributed by atoms with van der Waals surface area (Å²) in [5, 5.41) is 14.7. The van der Waals surface area contributed by atoms with E-state index in [0.717, 1.165) is 50.4 Å². The summed E-state index contributed by atoms with van der Waals surface area (Å²) in [6.45, 7) is 6.38. The Kier molecular flexibility index (Phi) is 8.80. The van der Waals surface area contributed by atoms with E-state index in [1.165, 1.54) is 54.7 Å². The molecule has 1 heterocycles. The van der Waals surface area contributed by atoms with Gasteiger partial charge in [0.15, 0.2) is 0 Å². The lowest BCUT2D eigenvalue weighted by molar-refractivity contribution is 1.04. The number of rotatable bonds is 8. The van der Waals surface area contributed by atoms with Gasteiger partial charge < -0.3 is 15.2 Å². The van der Waals surface area contributed by atoms with Gasteiger partial charge >= 0.3 is 0 Å². The van der Waals surface area contributed by atoms with Crippen molar-refractivity contribution < 1.29 is 0 Å². The molecule has 8 aromatic carbocycles. The molecule has 0 amide bonds. The number of aryl methyl sites for hydroxylation is 1. The van der Waals surface area contributed by atoms with E-state index in [1.807, 2.05) is 7.05 Å². The smallest absolute Gasteiger partial charge is 0.0756 e. The molecule has 0 fully saturated rings. The summed E-state index contributed by atoms with van der Waals surface area (Å²) in [6, 6.07) is 58.5. The number of fused-ring (bicyclic) bond motifs is 6. The SMILES string of the molecule is C=N/C(=C1/C=CC=CC1Nc1ccc2ccc3c4cccc(C)c4n(-c4ccccc4)c3c2c1-c1ccccc1NC)c1cccc2c(-c3ccccc3)cccc12. The Morgan fingerprint density at radius 2 is 1.29 bits per heavy atom. The van der Waals surface area contributed by atoms with Crippen LogP contribution in [0.1, 0.15) is 11.1 Å². The standard InChI is InChI=1S/C54H42N4/c1-35-17-14-28-43-44-33-31-37-32-34-49(51(45-22-10-12-29-47(45)55-2)50(37)54(44)58(53(35)43)38-20-8-5-9-21-38)57-48-30-13-11-23-46(48)52(56-3)42-27-16-25-40-39(24-15-26-41(40)42)36-18-6-4-7-19-36/h4-34,48,55,57H,3H2,1-2H3/b52-46-. The van der Waals surface area contributed by atoms with Gasteiger partial charge in [0.05, 0.1) is 22.8 Å². The minimum absolute atomic E-state index is 0.197. The Morgan fingerprint density at radius 3 is 2.12 bits per heavy atom. The molecule has 4 nitrogen and oxygen atoms in total. The fourth-order valence-corrected chi connectivity index (χ4v) is 9.07. The van der Waals surface area contributed by atoms with Crippen LogP contribution in [0.15, 0.2) is 199 Å². The molecule has 1 unspecified atom stereocenters. The summed E-state index contributed by atoms with van der Waals surface area (Å²) in [6.07, 6.45) is 8.62. The molecule has 9 aromatic rings. The highest BCUT2D eigenvalue weighted by atomic mass is 15.0. The van der Waals surface area contributed by atoms with Gasteiger partial charge in [-0.05, 0) is 70.8 Å². The van der Waals surface area contributed by atoms with Gasteiger partial charge in [-0.3, -0.25) is 4.99 Å². The number of hydrogen-bond acceptors (Lipinski definition) is 3. The van der Waals surface area contributed by atoms with Crippen LogP contribution >= 0.6 is 0 Å². The highest BCUT2D eigenvalue weighted by molar-refractivity contribution is 6.24. The lowest BCUT2D eigenvalue weighted by Gasteiger charge is -2.26. The zero-order valence-corrected chi connectivity index (χ0v) is 32.6. The van der Waals surface area contributed by atoms with Crippen LogP contribution in [0.2, 0.25) is 0 Å². The predicted octanol–water partition coefficient (Wildman–Crippen LogP) is 13.8. The summed E-state index contributed by atoms with van der Waals surface area (Å²) < 4.78 is 2.47. The fraction of sp³-hybridized carbons (Fsp3) is 0.0556. The first-order valence-corrected chi connectivity index (χ1v) is 19.9. The first-order chi connectivity index (χ1) is 28.6. The summed E-state index contributed by atoms with van der Waals surface area (Å²) in [4.78, 5) is 4.79. The van der Waals surface area contributed by atoms with Gasteiger partial charge in [0.1, 0.15) is 0 Å². The van der Waals surface area contributed by atoms with Crippen LogP contribution in [-0.2, 0) is 0 Å². The number of aromatic nitrogens is 1. The maximum absolute atomic E-state index is 4.79. The van der Waals surface area contributed by atoms with Crippen molar-refractivity contribution in [2.45, 2.75) is 13.0 Å². The molecular weight excluding hydrogens is 705 g/mol. The molecule has 1 aliphatic rings. The van der Waals surface area contributed by atoms with Gasteiger partial charge in [0.25, 0.3) is 0 Å². The second-order valence-corrected chi connectivity index (χ2v) is 14.9. The number of nitrogens with zero attached hydrogens (tertiary/aromatic N) is 2. The largest absolute Gasteiger partial charge is 0.388 e. The quantitative estimate of drug-likeness (QED) is 0.152. The van der Waals surface area contributed by atoms with Crippen LogP contribution in [0.3, 0.4) is 0 Å². The molecule has 1 atom stereocenters. The van der Waals surface area contributed by atoms with Gasteiger partial charge in [0.2, 0.25) is 0 Å². The Balaban J connectivity index is 1.23. The van der Waals surface area contributed by atoms with E-state index in [4.69, 9.17) is 4.99 Å². The summed E-state index contributed by atoms with van der Waals surface area (Å²) in [5.41, 5.74) is 14.5. The lowest BCUT2D eigenvalue weighted by atomic mass is 9.90. The summed E-state index contributed by atoms with van der Waals surface area (Å²) in [7, 11) is 2.00. The molecule has 0 spiro atoms. The van der Waals surface area contributed by atoms with Gasteiger partial charge in [-0.25, -0.2) is 0 Å². The zero-order valence-electron chi connectivity index (χ0n) is 32.6. The molecule has 4 heteroatoms. The molecule has 0 bridgehead atoms. The number of benzene rings is 8. The van der Waals surface area contributed by atoms with Crippen LogP contribution in [0.5, 0.6) is 0 Å². The van der Waals surface area contributed by atoms with Crippen LogP contribution in [0.4, 0.5) is 11.4 Å². The number of hydrogen-bond donors (Lipinski definition) is 2. The number of anilines is 2. The van der Waals surface area contributed by atoms with Crippen molar-refractivity contribution >= 4 is 67.1 Å². The molecule has 0 radical (unpaired) electrons. The molecular formula is C54H42N4. The fourth-order valence-electron chi connectivity index (χ4n) is 9.07. The minimum Gasteiger partial charge on any atom is -0.388 e. The maximum Gasteiger partial charge on any atom is 0.0756 e. The number of allylic oxidation sites excluding steroid dienone is 2. The minimum atomic E-state index is -0.197. The van der Waals surface area contributed by atoms with Crippen molar-refractivity contribution in [3.63, 3.8) is 0 Å². The Morgan fingerprint density at radius 1 is 0.603 bits per heavy atom. The second kappa shape index (κ2) is 14.6. The van der Waals surface area contributed by atoms with Crippen molar-refractivity contribution in [3.05, 3.63) is 205 Å². The molecule has 10 rings (SSSR count). The highest BCUT2D eigenvalue weighted by Gasteiger charge is 2.25. The molecule has 1 aromatic heterocycles. The van der Waals surface area contributed by atoms with Crippen molar-refractivity contribution in [1.82, 2.24) is 4.57 Å². The van der Waals surface area contributed by atoms with Crippen LogP contribution < -0.4 is 10.6 Å². The van der Waals surface area contributed by atoms with Gasteiger partial charge in [-0.2, -0.15) is 0 Å². The number of para-hydroxylation sites is 3. The zero-order chi connectivity index (χ0) is 39.2. The molecule has 0 saturated heterocycles. The second-order valence-electron chi connectivity index (χ2n) is 14.9. The van der Waals surface area contributed by atoms with E-state index in [0.29, 0.717) is 0 Å². The first kappa shape index (κ1) is 35.0. The molecule has 0 saturated carbocycles. The van der Waals surface area contributed by atoms with Crippen LogP contribution in [0, 0.1) is 6.92 Å². The van der Waals surface area contributed by atoms with Crippen molar-refractivity contribution in [2.24, 2.45) is 4.99 Å². The molecule has 0 aliphatic heterocycles. The summed E-state index contributed by atoms with van der Waals surface area (Å²) >= 11 is 0. The normalized spacial score (nSPS) is 14.7. The van der Waals surface area contributed by atoms with Gasteiger partial charge in [0, 0.05) is 62.5 Å². The third-order valence-electron chi connectivity index (χ3n) is 11.6. The molecule has 278 valence electrons. The first-order valence-electron chi connectivity index (χ1n) is 19.9. The Hall–Kier alpha value is -7.43. The molecule has 2 N–H and O–H groups in total. The van der Waals surface area contributed by atoms with Crippen molar-refractivity contribution in [3.8, 4) is 27.9 Å². The number of nitrogens with one attached hydrogen (secondary N) is 2. The Bertz CT molecular complexity index is 3150. The van der Waals surface area contributed by atoms with Crippen molar-refractivity contribution in [1.29, 1.82) is 0 Å². The van der Waals surface area contributed by atoms with Gasteiger partial charge in [-0.1, -0.05) is 164 Å². The topological polar surface area (TPSA) is 41.4 Å². The third kappa shape index (κ3) is 5.72. The average molecular weight is 747 g/mol. The molecule has 58 heavy (non-hydrogen) atoms. The Labute approximate surface area is 338 Å². The van der Waals surface area contributed by atoms with Crippen molar-refractivity contribution in [2.75, 3.05) is 17.7 Å². The third-order valence-corrected chi connectivity index (χ3v) is 11.6. The van der Waals surface area contributed by atoms with E-state index < -0.39 is 0 Å². The summed E-state index contributed by atoms with van der Waals surface area (Å²) in [5.74, 6) is 0. The monoisotopic (exact) mass is 746 g/mol. The van der Waals surface area contributed by atoms with E-state index in [-0.39, 0.29) is 6.04 Å². The van der Waals surface area contributed by atoms with E-state index in [2.05, 4.69) is 217 Å². The van der Waals surface area contributed by atoms with Crippen LogP contribution in [-0.4, -0.2) is 24.4 Å². The average Bonchev–Trinajstić information content (AvgIpc) is 3.63. The molecule has 1 aliphatic carbocycles. The van der Waals surface area contributed by atoms with Gasteiger partial charge in [-0.15, -0.1) is 0 Å². The van der Waals surface area contributed by atoms with Crippen LogP contribution in [0.25, 0.3) is 77.0 Å². The maximum atomic E-state index is 4.79. The van der Waals surface area contributed by atoms with E-state index in [9.17, 15) is 0 Å². The highest BCUT2D eigenvalue weighted by Crippen LogP contribution is 2.46. The lowest BCUT2D eigenvalue weighted by Crippen LogP contribution is -2.22. The number of aliphatic imine (C=N–C) groups is 1. The predicted molar refractivity (Wildman–Crippen MR) is 250 cm³/mol. The van der Waals surface area contributed by atoms with E-state index in [1.54, 1.807) is 0 Å².